The van der Waals surface area contributed by atoms with Gasteiger partial charge in [-0.3, -0.25) is 0 Å². The predicted octanol–water partition coefficient (Wildman–Crippen LogP) is 4.21. The van der Waals surface area contributed by atoms with E-state index in [2.05, 4.69) is 6.58 Å². The summed E-state index contributed by atoms with van der Waals surface area (Å²) in [4.78, 5) is 11.4. The lowest BCUT2D eigenvalue weighted by Crippen LogP contribution is -2.24. The summed E-state index contributed by atoms with van der Waals surface area (Å²) in [7, 11) is 1.64. The molecule has 0 aliphatic carbocycles. The number of ether oxygens (including phenoxy) is 3. The SMILES string of the molecule is C=CC(=O)OC(C)OC(c1ccccc1)C(OC)c1ccccc1. The fourth-order valence-corrected chi connectivity index (χ4v) is 2.49. The van der Waals surface area contributed by atoms with Crippen molar-refractivity contribution in [2.75, 3.05) is 7.11 Å². The van der Waals surface area contributed by atoms with E-state index in [1.165, 1.54) is 0 Å². The standard InChI is InChI=1S/C20H22O4/c1-4-18(21)23-15(2)24-20(17-13-9-6-10-14-17)19(22-3)16-11-7-5-8-12-16/h4-15,19-20H,1H2,2-3H3. The van der Waals surface area contributed by atoms with Crippen molar-refractivity contribution in [1.29, 1.82) is 0 Å². The zero-order valence-electron chi connectivity index (χ0n) is 13.9. The molecule has 3 atom stereocenters. The zero-order valence-corrected chi connectivity index (χ0v) is 13.9. The average Bonchev–Trinajstić information content (AvgIpc) is 2.63. The lowest BCUT2D eigenvalue weighted by atomic mass is 9.98. The number of methoxy groups -OCH3 is 1. The van der Waals surface area contributed by atoms with Crippen molar-refractivity contribution in [1.82, 2.24) is 0 Å². The topological polar surface area (TPSA) is 44.8 Å². The molecule has 0 fully saturated rings. The van der Waals surface area contributed by atoms with Crippen LogP contribution >= 0.6 is 0 Å². The van der Waals surface area contributed by atoms with Crippen LogP contribution in [0.1, 0.15) is 30.3 Å². The Kier molecular flexibility index (Phi) is 6.73. The molecule has 4 nitrogen and oxygen atoms in total. The molecule has 2 aromatic rings. The number of hydrogen-bond donors (Lipinski definition) is 0. The molecule has 0 heterocycles. The van der Waals surface area contributed by atoms with Crippen molar-refractivity contribution in [2.24, 2.45) is 0 Å². The highest BCUT2D eigenvalue weighted by atomic mass is 16.7. The van der Waals surface area contributed by atoms with Gasteiger partial charge in [0.05, 0.1) is 0 Å². The van der Waals surface area contributed by atoms with Gasteiger partial charge in [0, 0.05) is 13.2 Å². The van der Waals surface area contributed by atoms with Crippen LogP contribution in [0, 0.1) is 0 Å². The van der Waals surface area contributed by atoms with Crippen LogP contribution in [0.3, 0.4) is 0 Å². The zero-order chi connectivity index (χ0) is 17.4. The number of carbonyl (C=O) groups excluding carboxylic acids is 1. The van der Waals surface area contributed by atoms with E-state index in [0.29, 0.717) is 0 Å². The number of hydrogen-bond acceptors (Lipinski definition) is 4. The molecule has 0 saturated heterocycles. The Morgan fingerprint density at radius 1 is 0.958 bits per heavy atom. The van der Waals surface area contributed by atoms with Crippen LogP contribution in [-0.2, 0) is 19.0 Å². The van der Waals surface area contributed by atoms with Crippen LogP contribution in [-0.4, -0.2) is 19.4 Å². The third-order valence-electron chi connectivity index (χ3n) is 3.57. The van der Waals surface area contributed by atoms with E-state index in [1.807, 2.05) is 60.7 Å². The quantitative estimate of drug-likeness (QED) is 0.414. The van der Waals surface area contributed by atoms with Crippen molar-refractivity contribution >= 4 is 5.97 Å². The Hall–Kier alpha value is -2.43. The molecular weight excluding hydrogens is 304 g/mol. The van der Waals surface area contributed by atoms with Crippen LogP contribution in [0.25, 0.3) is 0 Å². The summed E-state index contributed by atoms with van der Waals surface area (Å²) >= 11 is 0. The molecule has 2 rings (SSSR count). The minimum absolute atomic E-state index is 0.335. The third kappa shape index (κ3) is 4.78. The largest absolute Gasteiger partial charge is 0.433 e. The summed E-state index contributed by atoms with van der Waals surface area (Å²) in [5, 5.41) is 0. The van der Waals surface area contributed by atoms with Crippen molar-refractivity contribution < 1.29 is 19.0 Å². The second-order valence-electron chi connectivity index (χ2n) is 5.24. The summed E-state index contributed by atoms with van der Waals surface area (Å²) < 4.78 is 16.8. The summed E-state index contributed by atoms with van der Waals surface area (Å²) in [5.74, 6) is -0.525. The van der Waals surface area contributed by atoms with Gasteiger partial charge in [-0.15, -0.1) is 0 Å². The van der Waals surface area contributed by atoms with Gasteiger partial charge < -0.3 is 14.2 Å². The first kappa shape index (κ1) is 17.9. The van der Waals surface area contributed by atoms with Gasteiger partial charge in [-0.05, 0) is 18.1 Å². The maximum absolute atomic E-state index is 11.4. The van der Waals surface area contributed by atoms with E-state index in [4.69, 9.17) is 14.2 Å². The normalized spacial score (nSPS) is 14.4. The number of esters is 1. The molecule has 0 amide bonds. The number of carbonyl (C=O) groups is 1. The maximum Gasteiger partial charge on any atom is 0.332 e. The smallest absolute Gasteiger partial charge is 0.332 e. The van der Waals surface area contributed by atoms with Crippen LogP contribution in [0.5, 0.6) is 0 Å². The van der Waals surface area contributed by atoms with Gasteiger partial charge in [-0.2, -0.15) is 0 Å². The summed E-state index contributed by atoms with van der Waals surface area (Å²) in [6, 6.07) is 19.5. The lowest BCUT2D eigenvalue weighted by Gasteiger charge is -2.29. The van der Waals surface area contributed by atoms with Gasteiger partial charge >= 0.3 is 5.97 Å². The van der Waals surface area contributed by atoms with Crippen LogP contribution in [0.15, 0.2) is 73.3 Å². The predicted molar refractivity (Wildman–Crippen MR) is 92.2 cm³/mol. The van der Waals surface area contributed by atoms with Crippen molar-refractivity contribution in [2.45, 2.75) is 25.4 Å². The minimum Gasteiger partial charge on any atom is -0.433 e. The molecule has 24 heavy (non-hydrogen) atoms. The van der Waals surface area contributed by atoms with Gasteiger partial charge in [0.2, 0.25) is 6.29 Å². The van der Waals surface area contributed by atoms with Gasteiger partial charge in [-0.25, -0.2) is 4.79 Å². The Bertz CT molecular complexity index is 639. The average molecular weight is 326 g/mol. The molecule has 0 bridgehead atoms. The third-order valence-corrected chi connectivity index (χ3v) is 3.57. The molecule has 126 valence electrons. The van der Waals surface area contributed by atoms with Crippen LogP contribution in [0.2, 0.25) is 0 Å². The van der Waals surface area contributed by atoms with Gasteiger partial charge in [0.15, 0.2) is 0 Å². The molecule has 0 aliphatic rings. The summed E-state index contributed by atoms with van der Waals surface area (Å²) in [6.45, 7) is 5.07. The Morgan fingerprint density at radius 2 is 1.46 bits per heavy atom. The molecule has 0 saturated carbocycles. The van der Waals surface area contributed by atoms with Crippen molar-refractivity contribution in [3.05, 3.63) is 84.4 Å². The summed E-state index contributed by atoms with van der Waals surface area (Å²) in [6.07, 6.45) is -0.380. The van der Waals surface area contributed by atoms with E-state index < -0.39 is 18.4 Å². The highest BCUT2D eigenvalue weighted by Gasteiger charge is 2.28. The Morgan fingerprint density at radius 3 is 1.92 bits per heavy atom. The first-order chi connectivity index (χ1) is 11.7. The van der Waals surface area contributed by atoms with Crippen LogP contribution in [0.4, 0.5) is 0 Å². The van der Waals surface area contributed by atoms with Crippen molar-refractivity contribution in [3.8, 4) is 0 Å². The fourth-order valence-electron chi connectivity index (χ4n) is 2.49. The second kappa shape index (κ2) is 9.01. The molecule has 0 spiro atoms. The first-order valence-electron chi connectivity index (χ1n) is 7.77. The van der Waals surface area contributed by atoms with E-state index in [9.17, 15) is 4.79 Å². The lowest BCUT2D eigenvalue weighted by molar-refractivity contribution is -0.195. The van der Waals surface area contributed by atoms with Crippen LogP contribution < -0.4 is 0 Å². The van der Waals surface area contributed by atoms with E-state index in [0.717, 1.165) is 17.2 Å². The molecule has 0 N–H and O–H groups in total. The molecule has 4 heteroatoms. The van der Waals surface area contributed by atoms with Gasteiger partial charge in [-0.1, -0.05) is 67.2 Å². The number of benzene rings is 2. The Balaban J connectivity index is 2.28. The second-order valence-corrected chi connectivity index (χ2v) is 5.24. The molecule has 3 unspecified atom stereocenters. The Labute approximate surface area is 142 Å². The molecule has 0 aliphatic heterocycles. The summed E-state index contributed by atoms with van der Waals surface area (Å²) in [5.41, 5.74) is 1.92. The molecule has 0 radical (unpaired) electrons. The van der Waals surface area contributed by atoms with E-state index in [1.54, 1.807) is 14.0 Å². The first-order valence-corrected chi connectivity index (χ1v) is 7.77. The molecule has 0 aromatic heterocycles. The van der Waals surface area contributed by atoms with E-state index >= 15 is 0 Å². The van der Waals surface area contributed by atoms with Gasteiger partial charge in [0.25, 0.3) is 0 Å². The molecule has 2 aromatic carbocycles. The monoisotopic (exact) mass is 326 g/mol. The van der Waals surface area contributed by atoms with Crippen molar-refractivity contribution in [3.63, 3.8) is 0 Å². The van der Waals surface area contributed by atoms with Gasteiger partial charge in [0.1, 0.15) is 12.2 Å². The fraction of sp³-hybridized carbons (Fsp3) is 0.250. The highest BCUT2D eigenvalue weighted by molar-refractivity contribution is 5.81. The highest BCUT2D eigenvalue weighted by Crippen LogP contribution is 2.35. The maximum atomic E-state index is 11.4. The molecular formula is C20H22O4. The minimum atomic E-state index is -0.734. The number of rotatable bonds is 8. The van der Waals surface area contributed by atoms with E-state index in [-0.39, 0.29) is 6.10 Å².